The first-order valence-electron chi connectivity index (χ1n) is 10.6. The summed E-state index contributed by atoms with van der Waals surface area (Å²) in [6.45, 7) is 6.32. The van der Waals surface area contributed by atoms with Crippen LogP contribution in [0.25, 0.3) is 0 Å². The molecule has 0 aliphatic carbocycles. The number of methoxy groups -OCH3 is 3. The lowest BCUT2D eigenvalue weighted by atomic mass is 10.0. The van der Waals surface area contributed by atoms with E-state index in [0.717, 1.165) is 30.0 Å². The van der Waals surface area contributed by atoms with Crippen LogP contribution in [-0.4, -0.2) is 51.8 Å². The zero-order valence-corrected chi connectivity index (χ0v) is 18.6. The molecule has 1 aliphatic rings. The van der Waals surface area contributed by atoms with Crippen molar-refractivity contribution in [3.8, 4) is 17.2 Å². The van der Waals surface area contributed by atoms with Gasteiger partial charge in [-0.05, 0) is 50.6 Å². The standard InChI is InChI=1S/C25H32N2O4/c1-5-10-18-15-19(16-23(30-3)24(18)31-4)25(28)26-17-21(27-13-8-9-14-27)20-11-6-7-12-22(20)29-2/h5-7,11-12,15-16,21H,1,8-10,13-14,17H2,2-4H3,(H,26,28). The van der Waals surface area contributed by atoms with Crippen LogP contribution in [0.5, 0.6) is 17.2 Å². The fraction of sp³-hybridized carbons (Fsp3) is 0.400. The number of nitrogens with one attached hydrogen (secondary N) is 1. The number of para-hydroxylation sites is 1. The van der Waals surface area contributed by atoms with Crippen molar-refractivity contribution >= 4 is 5.91 Å². The molecule has 1 unspecified atom stereocenters. The van der Waals surface area contributed by atoms with Crippen molar-refractivity contribution in [2.45, 2.75) is 25.3 Å². The lowest BCUT2D eigenvalue weighted by Gasteiger charge is -2.29. The van der Waals surface area contributed by atoms with Crippen LogP contribution in [-0.2, 0) is 6.42 Å². The Hall–Kier alpha value is -2.99. The zero-order chi connectivity index (χ0) is 22.2. The molecule has 0 aromatic heterocycles. The fourth-order valence-corrected chi connectivity index (χ4v) is 4.20. The van der Waals surface area contributed by atoms with E-state index in [4.69, 9.17) is 14.2 Å². The molecule has 1 heterocycles. The van der Waals surface area contributed by atoms with Gasteiger partial charge >= 0.3 is 0 Å². The van der Waals surface area contributed by atoms with E-state index in [1.807, 2.05) is 24.3 Å². The molecule has 1 fully saturated rings. The number of hydrogen-bond donors (Lipinski definition) is 1. The first-order chi connectivity index (χ1) is 15.1. The molecule has 31 heavy (non-hydrogen) atoms. The van der Waals surface area contributed by atoms with Crippen molar-refractivity contribution in [1.29, 1.82) is 0 Å². The van der Waals surface area contributed by atoms with Gasteiger partial charge in [-0.2, -0.15) is 0 Å². The van der Waals surface area contributed by atoms with Gasteiger partial charge in [0.15, 0.2) is 11.5 Å². The Morgan fingerprint density at radius 2 is 1.81 bits per heavy atom. The molecular formula is C25H32N2O4. The molecule has 2 aromatic carbocycles. The molecule has 3 rings (SSSR count). The highest BCUT2D eigenvalue weighted by atomic mass is 16.5. The van der Waals surface area contributed by atoms with Crippen molar-refractivity contribution in [3.63, 3.8) is 0 Å². The van der Waals surface area contributed by atoms with E-state index >= 15 is 0 Å². The normalized spacial score (nSPS) is 14.7. The second kappa shape index (κ2) is 10.9. The third kappa shape index (κ3) is 5.20. The van der Waals surface area contributed by atoms with E-state index < -0.39 is 0 Å². The zero-order valence-electron chi connectivity index (χ0n) is 18.6. The van der Waals surface area contributed by atoms with E-state index in [9.17, 15) is 4.79 Å². The van der Waals surface area contributed by atoms with Crippen LogP contribution < -0.4 is 19.5 Å². The minimum Gasteiger partial charge on any atom is -0.496 e. The average Bonchev–Trinajstić information content (AvgIpc) is 3.33. The fourth-order valence-electron chi connectivity index (χ4n) is 4.20. The minimum absolute atomic E-state index is 0.0513. The third-order valence-corrected chi connectivity index (χ3v) is 5.72. The number of ether oxygens (including phenoxy) is 3. The number of hydrogen-bond acceptors (Lipinski definition) is 5. The highest BCUT2D eigenvalue weighted by Gasteiger charge is 2.26. The summed E-state index contributed by atoms with van der Waals surface area (Å²) >= 11 is 0. The quantitative estimate of drug-likeness (QED) is 0.584. The monoisotopic (exact) mass is 424 g/mol. The second-order valence-electron chi connectivity index (χ2n) is 7.57. The van der Waals surface area contributed by atoms with Crippen LogP contribution in [0.15, 0.2) is 49.1 Å². The lowest BCUT2D eigenvalue weighted by Crippen LogP contribution is -2.37. The van der Waals surface area contributed by atoms with Crippen molar-refractivity contribution in [1.82, 2.24) is 10.2 Å². The summed E-state index contributed by atoms with van der Waals surface area (Å²) in [6, 6.07) is 11.6. The number of allylic oxidation sites excluding steroid dienone is 1. The van der Waals surface area contributed by atoms with Crippen LogP contribution >= 0.6 is 0 Å². The SMILES string of the molecule is C=CCc1cc(C(=O)NCC(c2ccccc2OC)N2CCCC2)cc(OC)c1OC. The molecular weight excluding hydrogens is 392 g/mol. The topological polar surface area (TPSA) is 60.0 Å². The smallest absolute Gasteiger partial charge is 0.251 e. The number of carbonyl (C=O) groups excluding carboxylic acids is 1. The molecule has 1 atom stereocenters. The van der Waals surface area contributed by atoms with Crippen LogP contribution in [0.3, 0.4) is 0 Å². The van der Waals surface area contributed by atoms with Crippen molar-refractivity contribution in [2.24, 2.45) is 0 Å². The number of rotatable bonds is 10. The van der Waals surface area contributed by atoms with Gasteiger partial charge in [0.25, 0.3) is 5.91 Å². The van der Waals surface area contributed by atoms with Crippen molar-refractivity contribution in [3.05, 3.63) is 65.7 Å². The van der Waals surface area contributed by atoms with Crippen molar-refractivity contribution < 1.29 is 19.0 Å². The molecule has 166 valence electrons. The molecule has 0 bridgehead atoms. The molecule has 0 radical (unpaired) electrons. The van der Waals surface area contributed by atoms with E-state index in [1.54, 1.807) is 33.5 Å². The second-order valence-corrected chi connectivity index (χ2v) is 7.57. The predicted molar refractivity (Wildman–Crippen MR) is 122 cm³/mol. The largest absolute Gasteiger partial charge is 0.496 e. The molecule has 0 saturated carbocycles. The van der Waals surface area contributed by atoms with Crippen LogP contribution in [0.2, 0.25) is 0 Å². The Labute approximate surface area is 184 Å². The molecule has 1 aliphatic heterocycles. The minimum atomic E-state index is -0.148. The lowest BCUT2D eigenvalue weighted by molar-refractivity contribution is 0.0937. The summed E-state index contributed by atoms with van der Waals surface area (Å²) in [5, 5.41) is 3.13. The maximum absolute atomic E-state index is 13.1. The van der Waals surface area contributed by atoms with E-state index in [2.05, 4.69) is 22.9 Å². The molecule has 6 heteroatoms. The van der Waals surface area contributed by atoms with Gasteiger partial charge in [-0.3, -0.25) is 9.69 Å². The first kappa shape index (κ1) is 22.7. The Bertz CT molecular complexity index is 906. The molecule has 0 spiro atoms. The van der Waals surface area contributed by atoms with Crippen LogP contribution in [0.4, 0.5) is 0 Å². The van der Waals surface area contributed by atoms with Crippen LogP contribution in [0, 0.1) is 0 Å². The Morgan fingerprint density at radius 3 is 2.45 bits per heavy atom. The number of carbonyl (C=O) groups is 1. The third-order valence-electron chi connectivity index (χ3n) is 5.72. The highest BCUT2D eigenvalue weighted by molar-refractivity contribution is 5.95. The number of nitrogens with zero attached hydrogens (tertiary/aromatic N) is 1. The number of amides is 1. The maximum Gasteiger partial charge on any atom is 0.251 e. The Morgan fingerprint density at radius 1 is 1.10 bits per heavy atom. The van der Waals surface area contributed by atoms with Gasteiger partial charge in [0, 0.05) is 23.2 Å². The van der Waals surface area contributed by atoms with Gasteiger partial charge < -0.3 is 19.5 Å². The van der Waals surface area contributed by atoms with Gasteiger partial charge in [0.2, 0.25) is 0 Å². The van der Waals surface area contributed by atoms with Crippen molar-refractivity contribution in [2.75, 3.05) is 41.0 Å². The predicted octanol–water partition coefficient (Wildman–Crippen LogP) is 4.01. The number of likely N-dealkylation sites (tertiary alicyclic amines) is 1. The van der Waals surface area contributed by atoms with Gasteiger partial charge in [0.05, 0.1) is 27.4 Å². The molecule has 2 aromatic rings. The van der Waals surface area contributed by atoms with Gasteiger partial charge in [-0.1, -0.05) is 24.3 Å². The molecule has 1 saturated heterocycles. The first-order valence-corrected chi connectivity index (χ1v) is 10.6. The van der Waals surface area contributed by atoms with E-state index in [-0.39, 0.29) is 11.9 Å². The Kier molecular flexibility index (Phi) is 7.95. The van der Waals surface area contributed by atoms with E-state index in [1.165, 1.54) is 12.8 Å². The Balaban J connectivity index is 1.84. The van der Waals surface area contributed by atoms with Gasteiger partial charge in [0.1, 0.15) is 5.75 Å². The summed E-state index contributed by atoms with van der Waals surface area (Å²) in [5.41, 5.74) is 2.49. The highest BCUT2D eigenvalue weighted by Crippen LogP contribution is 2.34. The molecule has 1 N–H and O–H groups in total. The summed E-state index contributed by atoms with van der Waals surface area (Å²) in [7, 11) is 4.85. The van der Waals surface area contributed by atoms with E-state index in [0.29, 0.717) is 30.0 Å². The summed E-state index contributed by atoms with van der Waals surface area (Å²) in [5.74, 6) is 1.86. The summed E-state index contributed by atoms with van der Waals surface area (Å²) in [6.07, 6.45) is 4.70. The van der Waals surface area contributed by atoms with Gasteiger partial charge in [-0.25, -0.2) is 0 Å². The summed E-state index contributed by atoms with van der Waals surface area (Å²) in [4.78, 5) is 15.5. The molecule has 1 amide bonds. The summed E-state index contributed by atoms with van der Waals surface area (Å²) < 4.78 is 16.5. The van der Waals surface area contributed by atoms with Gasteiger partial charge in [-0.15, -0.1) is 6.58 Å². The maximum atomic E-state index is 13.1. The number of benzene rings is 2. The average molecular weight is 425 g/mol. The van der Waals surface area contributed by atoms with Crippen LogP contribution in [0.1, 0.15) is 40.4 Å². The molecule has 6 nitrogen and oxygen atoms in total.